The number of carbonyl (C=O) groups excluding carboxylic acids is 1. The number of aromatic amines is 1. The molecule has 1 aromatic rings. The normalized spacial score (nSPS) is 20.8. The molecule has 2 heterocycles. The minimum atomic E-state index is -3.70. The SMILES string of the molecule is CCc1ncc(S(=O)(=O)N2CCCCC2C(=O)NC)[nH]1. The maximum atomic E-state index is 12.6. The lowest BCUT2D eigenvalue weighted by atomic mass is 10.0. The second kappa shape index (κ2) is 5.92. The Balaban J connectivity index is 2.32. The van der Waals surface area contributed by atoms with Gasteiger partial charge in [-0.25, -0.2) is 13.4 Å². The molecule has 20 heavy (non-hydrogen) atoms. The summed E-state index contributed by atoms with van der Waals surface area (Å²) in [6, 6.07) is -0.632. The second-order valence-electron chi connectivity index (χ2n) is 4.79. The van der Waals surface area contributed by atoms with Gasteiger partial charge in [0.1, 0.15) is 11.9 Å². The first-order valence-corrected chi connectivity index (χ1v) is 8.22. The third-order valence-corrected chi connectivity index (χ3v) is 5.35. The number of likely N-dealkylation sites (N-methyl/N-ethyl adjacent to an activating group) is 1. The summed E-state index contributed by atoms with van der Waals surface area (Å²) in [5, 5.41) is 2.59. The van der Waals surface area contributed by atoms with Crippen molar-refractivity contribution in [1.29, 1.82) is 0 Å². The molecular weight excluding hydrogens is 280 g/mol. The molecule has 0 saturated carbocycles. The summed E-state index contributed by atoms with van der Waals surface area (Å²) in [6.45, 7) is 2.25. The molecule has 8 heteroatoms. The van der Waals surface area contributed by atoms with Crippen molar-refractivity contribution in [3.8, 4) is 0 Å². The zero-order valence-electron chi connectivity index (χ0n) is 11.7. The topological polar surface area (TPSA) is 95.2 Å². The van der Waals surface area contributed by atoms with Crippen molar-refractivity contribution in [2.45, 2.75) is 43.7 Å². The fourth-order valence-corrected chi connectivity index (χ4v) is 3.99. The summed E-state index contributed by atoms with van der Waals surface area (Å²) < 4.78 is 26.5. The number of hydrogen-bond donors (Lipinski definition) is 2. The zero-order valence-corrected chi connectivity index (χ0v) is 12.5. The van der Waals surface area contributed by atoms with Gasteiger partial charge in [0.25, 0.3) is 10.0 Å². The number of amides is 1. The first-order chi connectivity index (χ1) is 9.50. The van der Waals surface area contributed by atoms with Crippen molar-refractivity contribution >= 4 is 15.9 Å². The molecule has 1 amide bonds. The van der Waals surface area contributed by atoms with E-state index >= 15 is 0 Å². The molecule has 112 valence electrons. The van der Waals surface area contributed by atoms with Gasteiger partial charge in [0.2, 0.25) is 5.91 Å². The minimum Gasteiger partial charge on any atom is -0.358 e. The van der Waals surface area contributed by atoms with Crippen molar-refractivity contribution < 1.29 is 13.2 Å². The lowest BCUT2D eigenvalue weighted by Crippen LogP contribution is -2.51. The number of sulfonamides is 1. The number of carbonyl (C=O) groups is 1. The van der Waals surface area contributed by atoms with Crippen LogP contribution in [-0.2, 0) is 21.2 Å². The van der Waals surface area contributed by atoms with Crippen molar-refractivity contribution in [2.24, 2.45) is 0 Å². The summed E-state index contributed by atoms with van der Waals surface area (Å²) in [5.41, 5.74) is 0. The van der Waals surface area contributed by atoms with Crippen LogP contribution in [0.15, 0.2) is 11.2 Å². The van der Waals surface area contributed by atoms with Crippen LogP contribution in [0.2, 0.25) is 0 Å². The molecule has 1 saturated heterocycles. The standard InChI is InChI=1S/C12H20N4O3S/c1-3-10-14-8-11(15-10)20(18,19)16-7-5-4-6-9(16)12(17)13-2/h8-9H,3-7H2,1-2H3,(H,13,17)(H,14,15). The highest BCUT2D eigenvalue weighted by atomic mass is 32.2. The molecule has 1 atom stereocenters. The van der Waals surface area contributed by atoms with Crippen LogP contribution in [0.3, 0.4) is 0 Å². The average molecular weight is 300 g/mol. The Morgan fingerprint density at radius 2 is 2.30 bits per heavy atom. The Morgan fingerprint density at radius 1 is 1.55 bits per heavy atom. The van der Waals surface area contributed by atoms with Gasteiger partial charge in [0, 0.05) is 20.0 Å². The van der Waals surface area contributed by atoms with Crippen LogP contribution in [0.1, 0.15) is 32.0 Å². The number of hydrogen-bond acceptors (Lipinski definition) is 4. The third-order valence-electron chi connectivity index (χ3n) is 3.53. The fourth-order valence-electron chi connectivity index (χ4n) is 2.40. The molecule has 0 aliphatic carbocycles. The first kappa shape index (κ1) is 15.0. The number of nitrogens with one attached hydrogen (secondary N) is 2. The summed E-state index contributed by atoms with van der Waals surface area (Å²) in [7, 11) is -2.18. The lowest BCUT2D eigenvalue weighted by Gasteiger charge is -2.32. The Morgan fingerprint density at radius 3 is 2.90 bits per heavy atom. The van der Waals surface area contributed by atoms with Crippen LogP contribution < -0.4 is 5.32 Å². The molecular formula is C12H20N4O3S. The van der Waals surface area contributed by atoms with Crippen LogP contribution in [0, 0.1) is 0 Å². The van der Waals surface area contributed by atoms with E-state index in [2.05, 4.69) is 15.3 Å². The van der Waals surface area contributed by atoms with E-state index in [4.69, 9.17) is 0 Å². The van der Waals surface area contributed by atoms with Gasteiger partial charge in [-0.3, -0.25) is 4.79 Å². The summed E-state index contributed by atoms with van der Waals surface area (Å²) in [4.78, 5) is 18.7. The number of aromatic nitrogens is 2. The van der Waals surface area contributed by atoms with Crippen LogP contribution in [0.5, 0.6) is 0 Å². The molecule has 0 aromatic carbocycles. The number of rotatable bonds is 4. The number of piperidine rings is 1. The molecule has 7 nitrogen and oxygen atoms in total. The Hall–Kier alpha value is -1.41. The monoisotopic (exact) mass is 300 g/mol. The average Bonchev–Trinajstić information content (AvgIpc) is 2.96. The van der Waals surface area contributed by atoms with Gasteiger partial charge < -0.3 is 10.3 Å². The zero-order chi connectivity index (χ0) is 14.8. The number of imidazole rings is 1. The van der Waals surface area contributed by atoms with E-state index in [-0.39, 0.29) is 10.9 Å². The predicted molar refractivity (Wildman–Crippen MR) is 73.6 cm³/mol. The van der Waals surface area contributed by atoms with Crippen LogP contribution in [0.4, 0.5) is 0 Å². The van der Waals surface area contributed by atoms with Gasteiger partial charge in [-0.1, -0.05) is 13.3 Å². The van der Waals surface area contributed by atoms with E-state index in [1.54, 1.807) is 0 Å². The highest BCUT2D eigenvalue weighted by molar-refractivity contribution is 7.89. The molecule has 1 unspecified atom stereocenters. The molecule has 0 bridgehead atoms. The number of aryl methyl sites for hydroxylation is 1. The highest BCUT2D eigenvalue weighted by Gasteiger charge is 2.38. The quantitative estimate of drug-likeness (QED) is 0.834. The third kappa shape index (κ3) is 2.71. The Bertz CT molecular complexity index is 581. The molecule has 1 aromatic heterocycles. The maximum Gasteiger partial charge on any atom is 0.260 e. The Labute approximate surface area is 118 Å². The van der Waals surface area contributed by atoms with Crippen molar-refractivity contribution in [1.82, 2.24) is 19.6 Å². The molecule has 2 N–H and O–H groups in total. The number of nitrogens with zero attached hydrogens (tertiary/aromatic N) is 2. The number of H-pyrrole nitrogens is 1. The molecule has 1 aliphatic heterocycles. The summed E-state index contributed by atoms with van der Waals surface area (Å²) in [6.07, 6.45) is 4.13. The van der Waals surface area contributed by atoms with E-state index in [0.717, 1.165) is 12.8 Å². The van der Waals surface area contributed by atoms with Gasteiger partial charge >= 0.3 is 0 Å². The predicted octanol–water partition coefficient (Wildman–Crippen LogP) is 0.261. The van der Waals surface area contributed by atoms with Gasteiger partial charge in [0.05, 0.1) is 6.20 Å². The van der Waals surface area contributed by atoms with Gasteiger partial charge in [0.15, 0.2) is 5.03 Å². The molecule has 2 rings (SSSR count). The van der Waals surface area contributed by atoms with E-state index in [9.17, 15) is 13.2 Å². The van der Waals surface area contributed by atoms with E-state index in [1.165, 1.54) is 17.5 Å². The van der Waals surface area contributed by atoms with Crippen LogP contribution >= 0.6 is 0 Å². The maximum absolute atomic E-state index is 12.6. The van der Waals surface area contributed by atoms with Crippen molar-refractivity contribution in [3.63, 3.8) is 0 Å². The van der Waals surface area contributed by atoms with Gasteiger partial charge in [-0.05, 0) is 12.8 Å². The first-order valence-electron chi connectivity index (χ1n) is 6.78. The second-order valence-corrected chi connectivity index (χ2v) is 6.65. The smallest absolute Gasteiger partial charge is 0.260 e. The summed E-state index contributed by atoms with van der Waals surface area (Å²) in [5.74, 6) is 0.362. The lowest BCUT2D eigenvalue weighted by molar-refractivity contribution is -0.125. The van der Waals surface area contributed by atoms with E-state index in [0.29, 0.717) is 25.2 Å². The summed E-state index contributed by atoms with van der Waals surface area (Å²) >= 11 is 0. The molecule has 0 spiro atoms. The van der Waals surface area contributed by atoms with Gasteiger partial charge in [-0.15, -0.1) is 0 Å². The van der Waals surface area contributed by atoms with Crippen LogP contribution in [-0.4, -0.2) is 48.2 Å². The largest absolute Gasteiger partial charge is 0.358 e. The highest BCUT2D eigenvalue weighted by Crippen LogP contribution is 2.24. The van der Waals surface area contributed by atoms with Crippen LogP contribution in [0.25, 0.3) is 0 Å². The van der Waals surface area contributed by atoms with E-state index < -0.39 is 16.1 Å². The van der Waals surface area contributed by atoms with Crippen molar-refractivity contribution in [2.75, 3.05) is 13.6 Å². The fraction of sp³-hybridized carbons (Fsp3) is 0.667. The van der Waals surface area contributed by atoms with Crippen molar-refractivity contribution in [3.05, 3.63) is 12.0 Å². The van der Waals surface area contributed by atoms with Gasteiger partial charge in [-0.2, -0.15) is 4.31 Å². The minimum absolute atomic E-state index is 0.0603. The molecule has 0 radical (unpaired) electrons. The molecule has 1 fully saturated rings. The Kier molecular flexibility index (Phi) is 4.44. The van der Waals surface area contributed by atoms with E-state index in [1.807, 2.05) is 6.92 Å². The molecule has 1 aliphatic rings.